The lowest BCUT2D eigenvalue weighted by Crippen LogP contribution is -2.45. The number of fused-ring (bicyclic) bond motifs is 4. The highest BCUT2D eigenvalue weighted by atomic mass is 32.2. The molecule has 1 aliphatic carbocycles. The molecular weight excluding hydrogens is 655 g/mol. The van der Waals surface area contributed by atoms with E-state index in [4.69, 9.17) is 19.4 Å². The fraction of sp³-hybridized carbons (Fsp3) is 0.432. The zero-order chi connectivity index (χ0) is 35.3. The maximum Gasteiger partial charge on any atom is 0.264 e. The van der Waals surface area contributed by atoms with E-state index in [-0.39, 0.29) is 52.4 Å². The van der Waals surface area contributed by atoms with Gasteiger partial charge in [-0.25, -0.2) is 28.1 Å². The number of amides is 1. The summed E-state index contributed by atoms with van der Waals surface area (Å²) in [7, 11) is -4.18. The lowest BCUT2D eigenvalue weighted by molar-refractivity contribution is 0.0205. The van der Waals surface area contributed by atoms with Gasteiger partial charge in [-0.05, 0) is 67.9 Å². The molecule has 4 bridgehead atoms. The molecule has 4 aromatic rings. The number of carbonyl (C=O) groups excluding carboxylic acids is 1. The van der Waals surface area contributed by atoms with Gasteiger partial charge < -0.3 is 19.3 Å². The van der Waals surface area contributed by atoms with Gasteiger partial charge in [-0.2, -0.15) is 4.98 Å². The number of aryl methyl sites for hydroxylation is 2. The lowest BCUT2D eigenvalue weighted by atomic mass is 9.87. The number of morpholine rings is 1. The summed E-state index contributed by atoms with van der Waals surface area (Å²) in [6, 6.07) is 13.2. The molecule has 12 nitrogen and oxygen atoms in total. The van der Waals surface area contributed by atoms with Gasteiger partial charge in [0.15, 0.2) is 0 Å². The summed E-state index contributed by atoms with van der Waals surface area (Å²) >= 11 is 0. The molecule has 2 fully saturated rings. The molecule has 0 radical (unpaired) electrons. The first-order valence-corrected chi connectivity index (χ1v) is 18.5. The van der Waals surface area contributed by atoms with Gasteiger partial charge in [0, 0.05) is 30.3 Å². The van der Waals surface area contributed by atoms with Crippen LogP contribution in [0.4, 0.5) is 11.6 Å². The Balaban J connectivity index is 1.28. The minimum absolute atomic E-state index is 0.0384. The van der Waals surface area contributed by atoms with E-state index in [0.29, 0.717) is 24.5 Å². The van der Waals surface area contributed by atoms with E-state index in [1.54, 1.807) is 35.5 Å². The zero-order valence-corrected chi connectivity index (χ0v) is 30.0. The maximum atomic E-state index is 14.5. The number of nitrogens with one attached hydrogen (secondary N) is 1. The van der Waals surface area contributed by atoms with Crippen LogP contribution in [0.1, 0.15) is 67.3 Å². The summed E-state index contributed by atoms with van der Waals surface area (Å²) < 4.78 is 42.3. The van der Waals surface area contributed by atoms with Crippen molar-refractivity contribution in [2.45, 2.75) is 77.0 Å². The van der Waals surface area contributed by atoms with E-state index < -0.39 is 16.1 Å². The fourth-order valence-corrected chi connectivity index (χ4v) is 7.79. The quantitative estimate of drug-likeness (QED) is 0.282. The Morgan fingerprint density at radius 2 is 1.72 bits per heavy atom. The molecule has 2 aromatic heterocycles. The molecule has 1 N–H and O–H groups in total. The maximum absolute atomic E-state index is 14.5. The SMILES string of the molecule is Cc1cccc(C)c1-c1cc2nc(n1)NS(=O)(=O)c1cccc(c1)C(=O)N(Cc1ncc(N3CCOC4(CC4)C3)cn1)[C@H](CC(C)(C)C)CO2. The number of rotatable bonds is 5. The van der Waals surface area contributed by atoms with Crippen molar-refractivity contribution in [1.29, 1.82) is 0 Å². The van der Waals surface area contributed by atoms with E-state index in [0.717, 1.165) is 48.3 Å². The number of aromatic nitrogens is 4. The van der Waals surface area contributed by atoms with Crippen LogP contribution in [0.5, 0.6) is 5.88 Å². The summed E-state index contributed by atoms with van der Waals surface area (Å²) in [6.45, 7) is 12.7. The van der Waals surface area contributed by atoms with Crippen LogP contribution in [-0.4, -0.2) is 77.1 Å². The van der Waals surface area contributed by atoms with Gasteiger partial charge in [-0.15, -0.1) is 0 Å². The largest absolute Gasteiger partial charge is 0.475 e. The van der Waals surface area contributed by atoms with Gasteiger partial charge in [0.05, 0.1) is 53.5 Å². The highest BCUT2D eigenvalue weighted by Crippen LogP contribution is 2.42. The first kappa shape index (κ1) is 33.9. The Morgan fingerprint density at radius 3 is 2.42 bits per heavy atom. The molecule has 1 amide bonds. The zero-order valence-electron chi connectivity index (χ0n) is 29.1. The second kappa shape index (κ2) is 12.9. The summed E-state index contributed by atoms with van der Waals surface area (Å²) in [5, 5.41) is 0. The normalized spacial score (nSPS) is 19.9. The molecule has 50 heavy (non-hydrogen) atoms. The third-order valence-corrected chi connectivity index (χ3v) is 10.8. The monoisotopic (exact) mass is 697 g/mol. The minimum atomic E-state index is -4.18. The van der Waals surface area contributed by atoms with Gasteiger partial charge in [0.1, 0.15) is 12.4 Å². The van der Waals surface area contributed by atoms with Gasteiger partial charge in [0.2, 0.25) is 11.8 Å². The van der Waals surface area contributed by atoms with Crippen molar-refractivity contribution >= 4 is 27.6 Å². The summed E-state index contributed by atoms with van der Waals surface area (Å²) in [5.41, 5.74) is 4.23. The van der Waals surface area contributed by atoms with Gasteiger partial charge >= 0.3 is 0 Å². The number of hydrogen-bond donors (Lipinski definition) is 1. The second-order valence-corrected chi connectivity index (χ2v) is 16.5. The number of sulfonamides is 1. The van der Waals surface area contributed by atoms with Crippen LogP contribution in [-0.2, 0) is 21.3 Å². The average Bonchev–Trinajstić information content (AvgIpc) is 3.82. The Labute approximate surface area is 293 Å². The number of carbonyl (C=O) groups is 1. The minimum Gasteiger partial charge on any atom is -0.475 e. The molecule has 2 aromatic carbocycles. The predicted octanol–water partition coefficient (Wildman–Crippen LogP) is 5.56. The third kappa shape index (κ3) is 7.29. The molecule has 0 unspecified atom stereocenters. The van der Waals surface area contributed by atoms with Crippen molar-refractivity contribution in [1.82, 2.24) is 24.8 Å². The van der Waals surface area contributed by atoms with E-state index in [1.807, 2.05) is 32.0 Å². The van der Waals surface area contributed by atoms with E-state index in [1.165, 1.54) is 12.1 Å². The second-order valence-electron chi connectivity index (χ2n) is 14.8. The van der Waals surface area contributed by atoms with Crippen molar-refractivity contribution in [3.63, 3.8) is 0 Å². The Bertz CT molecular complexity index is 2010. The van der Waals surface area contributed by atoms with Crippen LogP contribution in [0.15, 0.2) is 65.8 Å². The molecule has 3 aliphatic rings. The smallest absolute Gasteiger partial charge is 0.264 e. The van der Waals surface area contributed by atoms with Crippen LogP contribution < -0.4 is 14.4 Å². The first-order valence-electron chi connectivity index (χ1n) is 17.0. The van der Waals surface area contributed by atoms with E-state index in [2.05, 4.69) is 40.4 Å². The number of nitrogens with zero attached hydrogens (tertiary/aromatic N) is 6. The Morgan fingerprint density at radius 1 is 1.00 bits per heavy atom. The van der Waals surface area contributed by atoms with Crippen molar-refractivity contribution < 1.29 is 22.7 Å². The van der Waals surface area contributed by atoms with Gasteiger partial charge in [-0.3, -0.25) is 4.79 Å². The fourth-order valence-electron chi connectivity index (χ4n) is 6.80. The van der Waals surface area contributed by atoms with Crippen LogP contribution in [0.25, 0.3) is 11.3 Å². The number of benzene rings is 2. The molecule has 1 saturated carbocycles. The van der Waals surface area contributed by atoms with E-state index >= 15 is 0 Å². The van der Waals surface area contributed by atoms with Crippen molar-refractivity contribution in [3.05, 3.63) is 83.4 Å². The lowest BCUT2D eigenvalue weighted by Gasteiger charge is -2.36. The predicted molar refractivity (Wildman–Crippen MR) is 190 cm³/mol. The van der Waals surface area contributed by atoms with Crippen LogP contribution in [0.3, 0.4) is 0 Å². The van der Waals surface area contributed by atoms with Crippen LogP contribution in [0.2, 0.25) is 0 Å². The topological polar surface area (TPSA) is 140 Å². The van der Waals surface area contributed by atoms with E-state index in [9.17, 15) is 13.2 Å². The molecule has 1 saturated heterocycles. The van der Waals surface area contributed by atoms with Crippen molar-refractivity contribution in [2.24, 2.45) is 5.41 Å². The highest BCUT2D eigenvalue weighted by Gasteiger charge is 2.47. The van der Waals surface area contributed by atoms with Crippen LogP contribution in [0, 0.1) is 19.3 Å². The molecule has 1 spiro atoms. The number of hydrogen-bond acceptors (Lipinski definition) is 10. The molecule has 4 heterocycles. The molecule has 13 heteroatoms. The third-order valence-electron chi connectivity index (χ3n) is 9.45. The molecule has 7 rings (SSSR count). The summed E-state index contributed by atoms with van der Waals surface area (Å²) in [4.78, 5) is 36.8. The number of ether oxygens (including phenoxy) is 2. The summed E-state index contributed by atoms with van der Waals surface area (Å²) in [6.07, 6.45) is 6.32. The molecule has 262 valence electrons. The highest BCUT2D eigenvalue weighted by molar-refractivity contribution is 7.92. The standard InChI is InChI=1S/C37H43N7O5S/c1-24-8-6-9-25(2)33(24)30-17-32-41-35(40-30)42-50(46,47)29-11-7-10-26(16-29)34(45)44(27(22-48-32)18-36(3,4)5)21-31-38-19-28(20-39-31)43-14-15-49-37(23-43)12-13-37/h6-11,16-17,19-20,27H,12-15,18,21-23H2,1-5H3,(H,40,41,42)/t27-/m1/s1. The number of anilines is 2. The molecule has 1 atom stereocenters. The summed E-state index contributed by atoms with van der Waals surface area (Å²) in [5.74, 6) is 0.172. The average molecular weight is 698 g/mol. The Hall–Kier alpha value is -4.62. The van der Waals surface area contributed by atoms with Gasteiger partial charge in [-0.1, -0.05) is 45.0 Å². The molecular formula is C37H43N7O5S. The van der Waals surface area contributed by atoms with Crippen molar-refractivity contribution in [3.8, 4) is 17.1 Å². The first-order chi connectivity index (χ1) is 23.8. The Kier molecular flexibility index (Phi) is 8.75. The van der Waals surface area contributed by atoms with Gasteiger partial charge in [0.25, 0.3) is 15.9 Å². The van der Waals surface area contributed by atoms with Crippen LogP contribution >= 0.6 is 0 Å². The molecule has 2 aliphatic heterocycles. The van der Waals surface area contributed by atoms with Crippen molar-refractivity contribution in [2.75, 3.05) is 35.9 Å².